The Bertz CT molecular complexity index is 104. The van der Waals surface area contributed by atoms with Crippen LogP contribution in [0.4, 0.5) is 0 Å². The fourth-order valence-electron chi connectivity index (χ4n) is 0.222. The minimum Gasteiger partial charge on any atom is -0.338 e. The van der Waals surface area contributed by atoms with Crippen LogP contribution < -0.4 is 5.32 Å². The summed E-state index contributed by atoms with van der Waals surface area (Å²) in [6.45, 7) is 1.31. The summed E-state index contributed by atoms with van der Waals surface area (Å²) in [6.07, 6.45) is 1.48. The van der Waals surface area contributed by atoms with E-state index < -0.39 is 5.37 Å². The molecule has 4 heteroatoms. The molecule has 0 unspecified atom stereocenters. The first-order chi connectivity index (χ1) is 3.66. The van der Waals surface area contributed by atoms with Gasteiger partial charge in [0.15, 0.2) is 0 Å². The van der Waals surface area contributed by atoms with Gasteiger partial charge < -0.3 is 5.32 Å². The Hall–Kier alpha value is -0.510. The van der Waals surface area contributed by atoms with Crippen molar-refractivity contribution in [1.82, 2.24) is 5.32 Å². The van der Waals surface area contributed by atoms with Gasteiger partial charge in [0.2, 0.25) is 12.2 Å². The Kier molecular flexibility index (Phi) is 3.26. The molecule has 8 heavy (non-hydrogen) atoms. The number of nitrogens with one attached hydrogen (secondary N) is 1. The molecule has 3 nitrogen and oxygen atoms in total. The lowest BCUT2D eigenvalue weighted by Gasteiger charge is -1.99. The molecule has 0 bridgehead atoms. The van der Waals surface area contributed by atoms with E-state index in [1.54, 1.807) is 0 Å². The maximum Gasteiger partial charge on any atom is 0.233 e. The largest absolute Gasteiger partial charge is 0.338 e. The molecular weight excluding hydrogens is 126 g/mol. The molecule has 1 atom stereocenters. The SMILES string of the molecule is CC(=O)N[C@@H](S)[C]=O. The van der Waals surface area contributed by atoms with Crippen molar-refractivity contribution in [2.24, 2.45) is 0 Å². The van der Waals surface area contributed by atoms with E-state index >= 15 is 0 Å². The molecule has 0 aliphatic heterocycles. The highest BCUT2D eigenvalue weighted by atomic mass is 32.1. The van der Waals surface area contributed by atoms with Gasteiger partial charge in [0.25, 0.3) is 0 Å². The number of hydrogen-bond acceptors (Lipinski definition) is 3. The maximum atomic E-state index is 10.1. The summed E-state index contributed by atoms with van der Waals surface area (Å²) >= 11 is 3.61. The van der Waals surface area contributed by atoms with Gasteiger partial charge in [-0.25, -0.2) is 0 Å². The number of amides is 1. The fourth-order valence-corrected chi connectivity index (χ4v) is 0.404. The predicted molar refractivity (Wildman–Crippen MR) is 32.3 cm³/mol. The summed E-state index contributed by atoms with van der Waals surface area (Å²) in [7, 11) is 0. The van der Waals surface area contributed by atoms with Crippen LogP contribution in [0.25, 0.3) is 0 Å². The van der Waals surface area contributed by atoms with Gasteiger partial charge in [0, 0.05) is 6.92 Å². The summed E-state index contributed by atoms with van der Waals surface area (Å²) in [6, 6.07) is 0. The molecule has 45 valence electrons. The number of carbonyl (C=O) groups is 1. The van der Waals surface area contributed by atoms with Crippen molar-refractivity contribution in [3.63, 3.8) is 0 Å². The second kappa shape index (κ2) is 3.49. The van der Waals surface area contributed by atoms with Crippen molar-refractivity contribution in [3.8, 4) is 0 Å². The first-order valence-corrected chi connectivity index (χ1v) is 2.51. The van der Waals surface area contributed by atoms with Gasteiger partial charge in [0.1, 0.15) is 5.37 Å². The van der Waals surface area contributed by atoms with Gasteiger partial charge >= 0.3 is 0 Å². The van der Waals surface area contributed by atoms with E-state index in [-0.39, 0.29) is 5.91 Å². The second-order valence-corrected chi connectivity index (χ2v) is 1.74. The number of rotatable bonds is 2. The molecule has 0 aromatic heterocycles. The zero-order chi connectivity index (χ0) is 6.57. The molecule has 1 amide bonds. The molecule has 1 N–H and O–H groups in total. The van der Waals surface area contributed by atoms with E-state index in [9.17, 15) is 9.59 Å². The molecule has 0 aliphatic rings. The Balaban J connectivity index is 3.38. The first kappa shape index (κ1) is 7.49. The summed E-state index contributed by atoms with van der Waals surface area (Å²) in [5.41, 5.74) is 0. The lowest BCUT2D eigenvalue weighted by molar-refractivity contribution is -0.118. The number of thiol groups is 1. The molecule has 0 aromatic carbocycles. The van der Waals surface area contributed by atoms with Crippen LogP contribution in [-0.4, -0.2) is 17.6 Å². The predicted octanol–water partition coefficient (Wildman–Crippen LogP) is -0.512. The Morgan fingerprint density at radius 2 is 2.38 bits per heavy atom. The van der Waals surface area contributed by atoms with E-state index in [0.717, 1.165) is 0 Å². The second-order valence-electron chi connectivity index (χ2n) is 1.22. The van der Waals surface area contributed by atoms with Crippen LogP contribution in [0.2, 0.25) is 0 Å². The van der Waals surface area contributed by atoms with E-state index in [4.69, 9.17) is 0 Å². The normalized spacial score (nSPS) is 12.2. The van der Waals surface area contributed by atoms with Gasteiger partial charge in [-0.05, 0) is 0 Å². The van der Waals surface area contributed by atoms with Crippen molar-refractivity contribution < 1.29 is 9.59 Å². The Labute approximate surface area is 52.9 Å². The number of carbonyl (C=O) groups excluding carboxylic acids is 2. The van der Waals surface area contributed by atoms with E-state index in [0.29, 0.717) is 0 Å². The third-order valence-corrected chi connectivity index (χ3v) is 0.686. The van der Waals surface area contributed by atoms with Gasteiger partial charge in [-0.15, -0.1) is 12.6 Å². The lowest BCUT2D eigenvalue weighted by Crippen LogP contribution is -2.29. The van der Waals surface area contributed by atoms with Crippen LogP contribution in [0.3, 0.4) is 0 Å². The molecule has 0 saturated heterocycles. The van der Waals surface area contributed by atoms with E-state index in [2.05, 4.69) is 17.9 Å². The average molecular weight is 132 g/mol. The minimum absolute atomic E-state index is 0.284. The average Bonchev–Trinajstić information content (AvgIpc) is 1.65. The van der Waals surface area contributed by atoms with Crippen molar-refractivity contribution in [1.29, 1.82) is 0 Å². The highest BCUT2D eigenvalue weighted by molar-refractivity contribution is 7.81. The third-order valence-electron chi connectivity index (χ3n) is 0.452. The highest BCUT2D eigenvalue weighted by Gasteiger charge is 1.99. The Morgan fingerprint density at radius 3 is 2.50 bits per heavy atom. The third kappa shape index (κ3) is 3.67. The van der Waals surface area contributed by atoms with Gasteiger partial charge in [-0.3, -0.25) is 9.59 Å². The van der Waals surface area contributed by atoms with Crippen LogP contribution in [0, 0.1) is 0 Å². The molecule has 0 spiro atoms. The smallest absolute Gasteiger partial charge is 0.233 e. The standard InChI is InChI=1S/C4H6NO2S/c1-3(7)5-4(8)2-6/h4,8H,1H3,(H,5,7)/t4-/m0/s1. The zero-order valence-corrected chi connectivity index (χ0v) is 5.24. The monoisotopic (exact) mass is 132 g/mol. The van der Waals surface area contributed by atoms with Crippen molar-refractivity contribution >= 4 is 24.8 Å². The first-order valence-electron chi connectivity index (χ1n) is 1.99. The molecule has 1 radical (unpaired) electrons. The fraction of sp³-hybridized carbons (Fsp3) is 0.500. The molecule has 0 aromatic rings. The van der Waals surface area contributed by atoms with Crippen LogP contribution in [-0.2, 0) is 9.59 Å². The van der Waals surface area contributed by atoms with E-state index in [1.807, 2.05) is 0 Å². The Morgan fingerprint density at radius 1 is 1.88 bits per heavy atom. The molecule has 0 rings (SSSR count). The van der Waals surface area contributed by atoms with Gasteiger partial charge in [-0.2, -0.15) is 0 Å². The van der Waals surface area contributed by atoms with Crippen LogP contribution >= 0.6 is 12.6 Å². The lowest BCUT2D eigenvalue weighted by atomic mass is 10.6. The summed E-state index contributed by atoms with van der Waals surface area (Å²) in [5, 5.41) is 1.41. The molecule has 0 heterocycles. The summed E-state index contributed by atoms with van der Waals surface area (Å²) in [5.74, 6) is -0.284. The van der Waals surface area contributed by atoms with Crippen LogP contribution in [0.5, 0.6) is 0 Å². The quantitative estimate of drug-likeness (QED) is 0.392. The molecule has 0 aliphatic carbocycles. The van der Waals surface area contributed by atoms with Crippen LogP contribution in [0.1, 0.15) is 6.92 Å². The van der Waals surface area contributed by atoms with Crippen molar-refractivity contribution in [2.75, 3.05) is 0 Å². The molecule has 0 fully saturated rings. The van der Waals surface area contributed by atoms with E-state index in [1.165, 1.54) is 13.2 Å². The summed E-state index contributed by atoms with van der Waals surface area (Å²) in [4.78, 5) is 19.7. The minimum atomic E-state index is -0.785. The highest BCUT2D eigenvalue weighted by Crippen LogP contribution is 1.81. The van der Waals surface area contributed by atoms with Crippen molar-refractivity contribution in [3.05, 3.63) is 0 Å². The summed E-state index contributed by atoms with van der Waals surface area (Å²) < 4.78 is 0. The zero-order valence-electron chi connectivity index (χ0n) is 4.34. The van der Waals surface area contributed by atoms with Gasteiger partial charge in [0.05, 0.1) is 0 Å². The molecular formula is C4H6NO2S. The van der Waals surface area contributed by atoms with Gasteiger partial charge in [-0.1, -0.05) is 0 Å². The topological polar surface area (TPSA) is 46.2 Å². The van der Waals surface area contributed by atoms with Crippen LogP contribution in [0.15, 0.2) is 0 Å². The maximum absolute atomic E-state index is 10.1. The molecule has 0 saturated carbocycles. The number of hydrogen-bond donors (Lipinski definition) is 2. The van der Waals surface area contributed by atoms with Crippen molar-refractivity contribution in [2.45, 2.75) is 12.3 Å².